The van der Waals surface area contributed by atoms with Crippen LogP contribution in [0.5, 0.6) is 5.75 Å². The summed E-state index contributed by atoms with van der Waals surface area (Å²) in [7, 11) is 1.59. The second kappa shape index (κ2) is 7.28. The fraction of sp³-hybridized carbons (Fsp3) is 0.222. The molecule has 3 rings (SSSR count). The van der Waals surface area contributed by atoms with E-state index in [2.05, 4.69) is 9.97 Å². The van der Waals surface area contributed by atoms with Crippen molar-refractivity contribution in [1.82, 2.24) is 9.97 Å². The molecule has 126 valence electrons. The molecule has 0 unspecified atom stereocenters. The number of thiophene rings is 1. The predicted molar refractivity (Wildman–Crippen MR) is 95.2 cm³/mol. The van der Waals surface area contributed by atoms with Crippen LogP contribution in [0.25, 0.3) is 10.2 Å². The number of aryl methyl sites for hydroxylation is 1. The summed E-state index contributed by atoms with van der Waals surface area (Å²) in [5, 5.41) is 10.9. The van der Waals surface area contributed by atoms with Gasteiger partial charge in [0.2, 0.25) is 0 Å². The maximum Gasteiger partial charge on any atom is 0.260 e. The van der Waals surface area contributed by atoms with Gasteiger partial charge < -0.3 is 9.72 Å². The van der Waals surface area contributed by atoms with Crippen LogP contribution in [0.15, 0.2) is 34.4 Å². The van der Waals surface area contributed by atoms with E-state index in [-0.39, 0.29) is 30.0 Å². The molecule has 0 aliphatic rings. The first-order chi connectivity index (χ1) is 12.1. The van der Waals surface area contributed by atoms with Crippen LogP contribution in [-0.4, -0.2) is 22.9 Å². The summed E-state index contributed by atoms with van der Waals surface area (Å²) < 4.78 is 5.17. The molecule has 3 aromatic rings. The standard InChI is InChI=1S/C18H15N3O3S/c1-24-13-4-2-3-11(9-13)5-6-14(22)16-20-17(23)15-12(7-8-19)10-25-18(15)21-16/h2-4,9-10H,5-7H2,1H3,(H,20,21,23). The number of ketones is 1. The van der Waals surface area contributed by atoms with E-state index in [1.165, 1.54) is 11.3 Å². The van der Waals surface area contributed by atoms with Crippen LogP contribution in [0, 0.1) is 11.3 Å². The predicted octanol–water partition coefficient (Wildman–Crippen LogP) is 2.87. The maximum atomic E-state index is 12.4. The van der Waals surface area contributed by atoms with E-state index in [1.807, 2.05) is 30.3 Å². The third-order valence-electron chi connectivity index (χ3n) is 3.83. The lowest BCUT2D eigenvalue weighted by atomic mass is 10.1. The number of fused-ring (bicyclic) bond motifs is 1. The molecule has 0 aliphatic heterocycles. The summed E-state index contributed by atoms with van der Waals surface area (Å²) in [5.41, 5.74) is 1.25. The number of benzene rings is 1. The molecule has 0 amide bonds. The smallest absolute Gasteiger partial charge is 0.260 e. The molecule has 0 saturated carbocycles. The number of nitrogens with zero attached hydrogens (tertiary/aromatic N) is 2. The number of methoxy groups -OCH3 is 1. The van der Waals surface area contributed by atoms with E-state index in [9.17, 15) is 9.59 Å². The molecule has 0 fully saturated rings. The zero-order valence-electron chi connectivity index (χ0n) is 13.5. The second-order valence-corrected chi connectivity index (χ2v) is 6.32. The van der Waals surface area contributed by atoms with Crippen molar-refractivity contribution in [2.24, 2.45) is 0 Å². The molecule has 1 N–H and O–H groups in total. The van der Waals surface area contributed by atoms with Gasteiger partial charge in [0, 0.05) is 6.42 Å². The Hall–Kier alpha value is -2.98. The van der Waals surface area contributed by atoms with Crippen molar-refractivity contribution in [3.05, 3.63) is 57.0 Å². The van der Waals surface area contributed by atoms with Crippen molar-refractivity contribution in [2.75, 3.05) is 7.11 Å². The van der Waals surface area contributed by atoms with Crippen LogP contribution in [0.2, 0.25) is 0 Å². The van der Waals surface area contributed by atoms with Crippen molar-refractivity contribution in [1.29, 1.82) is 5.26 Å². The maximum absolute atomic E-state index is 12.4. The average Bonchev–Trinajstić information content (AvgIpc) is 3.03. The summed E-state index contributed by atoms with van der Waals surface area (Å²) in [5.74, 6) is 0.573. The van der Waals surface area contributed by atoms with Crippen LogP contribution in [0.4, 0.5) is 0 Å². The van der Waals surface area contributed by atoms with Gasteiger partial charge in [0.05, 0.1) is 25.0 Å². The number of H-pyrrole nitrogens is 1. The molecule has 0 saturated heterocycles. The SMILES string of the molecule is COc1cccc(CCC(=O)c2nc3scc(CC#N)c3c(=O)[nH]2)c1. The van der Waals surface area contributed by atoms with Gasteiger partial charge in [-0.1, -0.05) is 12.1 Å². The first-order valence-corrected chi connectivity index (χ1v) is 8.54. The second-order valence-electron chi connectivity index (χ2n) is 5.47. The minimum atomic E-state index is -0.374. The van der Waals surface area contributed by atoms with Crippen molar-refractivity contribution in [3.63, 3.8) is 0 Å². The van der Waals surface area contributed by atoms with Gasteiger partial charge in [-0.3, -0.25) is 9.59 Å². The molecule has 2 aromatic heterocycles. The zero-order chi connectivity index (χ0) is 17.8. The Morgan fingerprint density at radius 1 is 1.44 bits per heavy atom. The summed E-state index contributed by atoms with van der Waals surface area (Å²) in [4.78, 5) is 31.9. The van der Waals surface area contributed by atoms with Crippen LogP contribution < -0.4 is 10.3 Å². The van der Waals surface area contributed by atoms with Gasteiger partial charge in [-0.25, -0.2) is 4.98 Å². The molecular formula is C18H15N3O3S. The van der Waals surface area contributed by atoms with Gasteiger partial charge >= 0.3 is 0 Å². The largest absolute Gasteiger partial charge is 0.497 e. The number of nitriles is 1. The van der Waals surface area contributed by atoms with Gasteiger partial charge in [-0.05, 0) is 35.1 Å². The van der Waals surface area contributed by atoms with E-state index in [4.69, 9.17) is 10.00 Å². The van der Waals surface area contributed by atoms with Crippen LogP contribution in [0.1, 0.15) is 28.2 Å². The Bertz CT molecular complexity index is 1030. The number of hydrogen-bond donors (Lipinski definition) is 1. The highest BCUT2D eigenvalue weighted by Crippen LogP contribution is 2.21. The van der Waals surface area contributed by atoms with Crippen LogP contribution in [0.3, 0.4) is 0 Å². The lowest BCUT2D eigenvalue weighted by Gasteiger charge is -2.04. The average molecular weight is 353 g/mol. The Labute approximate surface area is 147 Å². The molecule has 0 aliphatic carbocycles. The summed E-state index contributed by atoms with van der Waals surface area (Å²) in [6.07, 6.45) is 0.911. The molecule has 0 spiro atoms. The third-order valence-corrected chi connectivity index (χ3v) is 4.75. The summed E-state index contributed by atoms with van der Waals surface area (Å²) in [6.45, 7) is 0. The number of aromatic amines is 1. The lowest BCUT2D eigenvalue weighted by Crippen LogP contribution is -2.16. The monoisotopic (exact) mass is 353 g/mol. The van der Waals surface area contributed by atoms with Crippen molar-refractivity contribution in [2.45, 2.75) is 19.3 Å². The minimum Gasteiger partial charge on any atom is -0.497 e. The molecule has 25 heavy (non-hydrogen) atoms. The fourth-order valence-corrected chi connectivity index (χ4v) is 3.50. The van der Waals surface area contributed by atoms with E-state index < -0.39 is 0 Å². The van der Waals surface area contributed by atoms with Gasteiger partial charge in [0.15, 0.2) is 11.6 Å². The molecule has 0 atom stereocenters. The van der Waals surface area contributed by atoms with E-state index in [1.54, 1.807) is 12.5 Å². The summed E-state index contributed by atoms with van der Waals surface area (Å²) >= 11 is 1.27. The van der Waals surface area contributed by atoms with Gasteiger partial charge in [0.25, 0.3) is 5.56 Å². The van der Waals surface area contributed by atoms with E-state index in [0.717, 1.165) is 11.3 Å². The van der Waals surface area contributed by atoms with Crippen LogP contribution >= 0.6 is 11.3 Å². The van der Waals surface area contributed by atoms with E-state index in [0.29, 0.717) is 22.2 Å². The minimum absolute atomic E-state index is 0.0609. The number of rotatable bonds is 6. The molecule has 6 nitrogen and oxygen atoms in total. The van der Waals surface area contributed by atoms with E-state index >= 15 is 0 Å². The lowest BCUT2D eigenvalue weighted by molar-refractivity contribution is 0.0973. The number of carbonyl (C=O) groups excluding carboxylic acids is 1. The topological polar surface area (TPSA) is 95.8 Å². The third kappa shape index (κ3) is 3.59. The highest BCUT2D eigenvalue weighted by atomic mass is 32.1. The van der Waals surface area contributed by atoms with Crippen molar-refractivity contribution in [3.8, 4) is 11.8 Å². The number of aromatic nitrogens is 2. The Balaban J connectivity index is 1.80. The zero-order valence-corrected chi connectivity index (χ0v) is 14.4. The fourth-order valence-electron chi connectivity index (χ4n) is 2.56. The Morgan fingerprint density at radius 2 is 2.28 bits per heavy atom. The van der Waals surface area contributed by atoms with Crippen molar-refractivity contribution >= 4 is 27.3 Å². The Kier molecular flexibility index (Phi) is 4.91. The number of hydrogen-bond acceptors (Lipinski definition) is 6. The van der Waals surface area contributed by atoms with Crippen molar-refractivity contribution < 1.29 is 9.53 Å². The van der Waals surface area contributed by atoms with Gasteiger partial charge in [-0.15, -0.1) is 11.3 Å². The van der Waals surface area contributed by atoms with Gasteiger partial charge in [0.1, 0.15) is 10.6 Å². The molecule has 0 bridgehead atoms. The van der Waals surface area contributed by atoms with Crippen LogP contribution in [-0.2, 0) is 12.8 Å². The highest BCUT2D eigenvalue weighted by molar-refractivity contribution is 7.16. The molecular weight excluding hydrogens is 338 g/mol. The number of ether oxygens (including phenoxy) is 1. The normalized spacial score (nSPS) is 10.6. The number of nitrogens with one attached hydrogen (secondary N) is 1. The molecule has 1 aromatic carbocycles. The quantitative estimate of drug-likeness (QED) is 0.688. The highest BCUT2D eigenvalue weighted by Gasteiger charge is 2.15. The van der Waals surface area contributed by atoms with Gasteiger partial charge in [-0.2, -0.15) is 5.26 Å². The molecule has 2 heterocycles. The molecule has 7 heteroatoms. The Morgan fingerprint density at radius 3 is 3.04 bits per heavy atom. The number of carbonyl (C=O) groups is 1. The molecule has 0 radical (unpaired) electrons. The first-order valence-electron chi connectivity index (χ1n) is 7.66. The summed E-state index contributed by atoms with van der Waals surface area (Å²) in [6, 6.07) is 9.53. The number of Topliss-reactive ketones (excluding diaryl/α,β-unsaturated/α-hetero) is 1. The first kappa shape index (κ1) is 16.9.